The number of aliphatic hydroxyl groups is 1. The van der Waals surface area contributed by atoms with Gasteiger partial charge in [-0.3, -0.25) is 9.69 Å². The van der Waals surface area contributed by atoms with E-state index in [-0.39, 0.29) is 18.0 Å². The number of carbonyl (C=O) groups excluding carboxylic acids is 2. The van der Waals surface area contributed by atoms with E-state index in [0.717, 1.165) is 33.8 Å². The average Bonchev–Trinajstić information content (AvgIpc) is 2.90. The number of ether oxygens (including phenoxy) is 1. The van der Waals surface area contributed by atoms with Crippen LogP contribution in [-0.4, -0.2) is 87.7 Å². The number of methoxy groups -OCH3 is 1. The molecule has 190 valence electrons. The third-order valence-electron chi connectivity index (χ3n) is 6.79. The number of hydrogen-bond donors (Lipinski definition) is 1. The van der Waals surface area contributed by atoms with Crippen molar-refractivity contribution in [1.29, 1.82) is 0 Å². The second-order valence-electron chi connectivity index (χ2n) is 9.27. The molecule has 4 rings (SSSR count). The Balaban J connectivity index is 1.73. The van der Waals surface area contributed by atoms with Crippen molar-refractivity contribution in [3.05, 3.63) is 59.9 Å². The lowest BCUT2D eigenvalue weighted by Crippen LogP contribution is -2.54. The summed E-state index contributed by atoms with van der Waals surface area (Å²) in [6.45, 7) is 8.88. The van der Waals surface area contributed by atoms with Crippen LogP contribution in [0.25, 0.3) is 17.0 Å². The number of aromatic nitrogens is 2. The van der Waals surface area contributed by atoms with Crippen molar-refractivity contribution in [3.8, 4) is 17.1 Å². The number of hydrogen-bond acceptors (Lipinski definition) is 6. The summed E-state index contributed by atoms with van der Waals surface area (Å²) in [4.78, 5) is 40.3. The van der Waals surface area contributed by atoms with Gasteiger partial charge in [0.2, 0.25) is 5.88 Å². The second kappa shape index (κ2) is 10.5. The van der Waals surface area contributed by atoms with Gasteiger partial charge in [0.25, 0.3) is 5.91 Å². The van der Waals surface area contributed by atoms with Gasteiger partial charge >= 0.3 is 6.03 Å². The first kappa shape index (κ1) is 25.4. The number of amides is 3. The summed E-state index contributed by atoms with van der Waals surface area (Å²) in [7, 11) is 3.35. The first-order valence-corrected chi connectivity index (χ1v) is 12.1. The number of aryl methyl sites for hydroxylation is 1. The van der Waals surface area contributed by atoms with Gasteiger partial charge in [0.15, 0.2) is 0 Å². The van der Waals surface area contributed by atoms with E-state index >= 15 is 0 Å². The maximum Gasteiger partial charge on any atom is 0.324 e. The summed E-state index contributed by atoms with van der Waals surface area (Å²) >= 11 is 0. The molecule has 1 saturated heterocycles. The van der Waals surface area contributed by atoms with Gasteiger partial charge in [-0.25, -0.2) is 14.8 Å². The topological polar surface area (TPSA) is 99.1 Å². The van der Waals surface area contributed by atoms with Gasteiger partial charge in [-0.15, -0.1) is 0 Å². The maximum atomic E-state index is 13.5. The zero-order valence-electron chi connectivity index (χ0n) is 21.3. The second-order valence-corrected chi connectivity index (χ2v) is 9.27. The molecule has 1 fully saturated rings. The number of nitrogens with zero attached hydrogens (tertiary/aromatic N) is 5. The molecule has 9 nitrogen and oxygen atoms in total. The predicted molar refractivity (Wildman–Crippen MR) is 137 cm³/mol. The van der Waals surface area contributed by atoms with E-state index in [4.69, 9.17) is 9.72 Å². The maximum absolute atomic E-state index is 13.5. The van der Waals surface area contributed by atoms with E-state index in [9.17, 15) is 14.7 Å². The lowest BCUT2D eigenvalue weighted by atomic mass is 9.96. The summed E-state index contributed by atoms with van der Waals surface area (Å²) in [6, 6.07) is 7.42. The SMILES string of the molecule is C=CC1=C(c2nc(-c3ccc(OC)nc3)ccc2C)N(C2CCN(C(=O)[C@@H](C)O)CC2)C(=O)N(C)C1. The Bertz CT molecular complexity index is 1180. The monoisotopic (exact) mass is 491 g/mol. The first-order valence-electron chi connectivity index (χ1n) is 12.1. The van der Waals surface area contributed by atoms with Crippen molar-refractivity contribution in [3.63, 3.8) is 0 Å². The highest BCUT2D eigenvalue weighted by Gasteiger charge is 2.38. The Kier molecular flexibility index (Phi) is 7.40. The lowest BCUT2D eigenvalue weighted by Gasteiger charge is -2.44. The molecule has 0 unspecified atom stereocenters. The molecule has 1 atom stereocenters. The highest BCUT2D eigenvalue weighted by Crippen LogP contribution is 2.36. The minimum atomic E-state index is -1.03. The molecule has 0 spiro atoms. The Hall–Kier alpha value is -3.72. The van der Waals surface area contributed by atoms with Crippen LogP contribution in [0, 0.1) is 6.92 Å². The summed E-state index contributed by atoms with van der Waals surface area (Å²) in [5.41, 5.74) is 4.93. The molecule has 2 aromatic heterocycles. The van der Waals surface area contributed by atoms with Crippen LogP contribution < -0.4 is 4.74 Å². The van der Waals surface area contributed by atoms with Crippen molar-refractivity contribution in [2.45, 2.75) is 38.8 Å². The molecule has 0 bridgehead atoms. The van der Waals surface area contributed by atoms with Crippen LogP contribution in [0.4, 0.5) is 4.79 Å². The van der Waals surface area contributed by atoms with Crippen LogP contribution in [0.5, 0.6) is 5.88 Å². The van der Waals surface area contributed by atoms with E-state index in [1.54, 1.807) is 42.3 Å². The van der Waals surface area contributed by atoms with E-state index in [1.807, 2.05) is 30.0 Å². The minimum Gasteiger partial charge on any atom is -0.481 e. The molecule has 2 aromatic rings. The van der Waals surface area contributed by atoms with Gasteiger partial charge in [0.05, 0.1) is 24.2 Å². The van der Waals surface area contributed by atoms with E-state index in [1.165, 1.54) is 6.92 Å². The van der Waals surface area contributed by atoms with Crippen LogP contribution in [0.1, 0.15) is 31.0 Å². The zero-order valence-corrected chi connectivity index (χ0v) is 21.3. The van der Waals surface area contributed by atoms with Crippen LogP contribution in [-0.2, 0) is 4.79 Å². The highest BCUT2D eigenvalue weighted by molar-refractivity contribution is 5.91. The Morgan fingerprint density at radius 1 is 1.25 bits per heavy atom. The van der Waals surface area contributed by atoms with Crippen molar-refractivity contribution in [2.24, 2.45) is 0 Å². The van der Waals surface area contributed by atoms with Gasteiger partial charge in [-0.2, -0.15) is 0 Å². The molecule has 0 aromatic carbocycles. The van der Waals surface area contributed by atoms with Crippen molar-refractivity contribution >= 4 is 17.6 Å². The molecule has 0 radical (unpaired) electrons. The van der Waals surface area contributed by atoms with Gasteiger partial charge in [0, 0.05) is 50.6 Å². The third-order valence-corrected chi connectivity index (χ3v) is 6.79. The van der Waals surface area contributed by atoms with Crippen molar-refractivity contribution in [1.82, 2.24) is 24.7 Å². The summed E-state index contributed by atoms with van der Waals surface area (Å²) in [6.07, 6.45) is 3.68. The number of urea groups is 1. The van der Waals surface area contributed by atoms with Gasteiger partial charge in [-0.1, -0.05) is 18.7 Å². The number of carbonyl (C=O) groups is 2. The molecule has 0 saturated carbocycles. The number of aliphatic hydroxyl groups excluding tert-OH is 1. The molecular formula is C27H33N5O4. The molecule has 4 heterocycles. The van der Waals surface area contributed by atoms with E-state index in [2.05, 4.69) is 11.6 Å². The zero-order chi connectivity index (χ0) is 26.0. The fraction of sp³-hybridized carbons (Fsp3) is 0.407. The largest absolute Gasteiger partial charge is 0.481 e. The highest BCUT2D eigenvalue weighted by atomic mass is 16.5. The smallest absolute Gasteiger partial charge is 0.324 e. The molecule has 9 heteroatoms. The van der Waals surface area contributed by atoms with E-state index < -0.39 is 6.10 Å². The Morgan fingerprint density at radius 2 is 1.97 bits per heavy atom. The van der Waals surface area contributed by atoms with Crippen LogP contribution in [0.3, 0.4) is 0 Å². The minimum absolute atomic E-state index is 0.103. The number of likely N-dealkylation sites (tertiary alicyclic amines) is 1. The number of piperidine rings is 1. The van der Waals surface area contributed by atoms with Crippen LogP contribution in [0.2, 0.25) is 0 Å². The average molecular weight is 492 g/mol. The predicted octanol–water partition coefficient (Wildman–Crippen LogP) is 3.10. The fourth-order valence-corrected chi connectivity index (χ4v) is 4.79. The Labute approximate surface area is 211 Å². The Morgan fingerprint density at radius 3 is 2.56 bits per heavy atom. The quantitative estimate of drug-likeness (QED) is 0.667. The van der Waals surface area contributed by atoms with Crippen molar-refractivity contribution in [2.75, 3.05) is 33.8 Å². The summed E-state index contributed by atoms with van der Waals surface area (Å²) in [5, 5.41) is 9.70. The number of likely N-dealkylation sites (N-methyl/N-ethyl adjacent to an activating group) is 1. The molecule has 2 aliphatic heterocycles. The molecule has 2 aliphatic rings. The normalized spacial score (nSPS) is 17.9. The standard InChI is InChI=1S/C27H33N5O4/c1-6-19-16-30(4)27(35)32(21-11-13-31(14-12-21)26(34)18(3)33)25(19)24-17(2)7-9-22(29-24)20-8-10-23(36-5)28-15-20/h6-10,15,18,21,33H,1,11-14,16H2,2-5H3/t18-/m1/s1. The summed E-state index contributed by atoms with van der Waals surface area (Å²) in [5.74, 6) is 0.242. The van der Waals surface area contributed by atoms with Crippen LogP contribution >= 0.6 is 0 Å². The summed E-state index contributed by atoms with van der Waals surface area (Å²) < 4.78 is 5.17. The molecule has 0 aliphatic carbocycles. The lowest BCUT2D eigenvalue weighted by molar-refractivity contribution is -0.140. The first-order chi connectivity index (χ1) is 17.2. The molecule has 36 heavy (non-hydrogen) atoms. The third kappa shape index (κ3) is 4.83. The molecule has 3 amide bonds. The van der Waals surface area contributed by atoms with E-state index in [0.29, 0.717) is 38.4 Å². The number of rotatable bonds is 6. The number of pyridine rings is 2. The molecule has 1 N–H and O–H groups in total. The van der Waals surface area contributed by atoms with Gasteiger partial charge < -0.3 is 19.6 Å². The van der Waals surface area contributed by atoms with Crippen LogP contribution in [0.15, 0.2) is 48.7 Å². The van der Waals surface area contributed by atoms with Crippen molar-refractivity contribution < 1.29 is 19.4 Å². The molecular weight excluding hydrogens is 458 g/mol. The van der Waals surface area contributed by atoms with Gasteiger partial charge in [-0.05, 0) is 50.0 Å². The fourth-order valence-electron chi connectivity index (χ4n) is 4.79. The van der Waals surface area contributed by atoms with Gasteiger partial charge in [0.1, 0.15) is 6.10 Å².